The van der Waals surface area contributed by atoms with Crippen LogP contribution >= 0.6 is 0 Å². The normalized spacial score (nSPS) is 10.4. The highest BCUT2D eigenvalue weighted by molar-refractivity contribution is 5.92. The van der Waals surface area contributed by atoms with Gasteiger partial charge in [-0.2, -0.15) is 5.10 Å². The molecule has 0 aliphatic heterocycles. The fourth-order valence-electron chi connectivity index (χ4n) is 2.27. The number of carbonyl (C=O) groups excluding carboxylic acids is 1. The van der Waals surface area contributed by atoms with Gasteiger partial charge in [0.1, 0.15) is 11.6 Å². The first-order chi connectivity index (χ1) is 11.6. The van der Waals surface area contributed by atoms with Crippen molar-refractivity contribution in [2.24, 2.45) is 0 Å². The summed E-state index contributed by atoms with van der Waals surface area (Å²) in [5.41, 5.74) is 3.73. The minimum atomic E-state index is -0.247. The maximum absolute atomic E-state index is 12.1. The van der Waals surface area contributed by atoms with E-state index in [1.54, 1.807) is 12.4 Å². The van der Waals surface area contributed by atoms with E-state index in [2.05, 4.69) is 20.5 Å². The van der Waals surface area contributed by atoms with Crippen molar-refractivity contribution in [1.29, 1.82) is 0 Å². The number of hydrogen-bond donors (Lipinski definition) is 2. The van der Waals surface area contributed by atoms with Crippen LogP contribution in [0.1, 0.15) is 11.1 Å². The molecule has 0 fully saturated rings. The van der Waals surface area contributed by atoms with Crippen LogP contribution in [-0.4, -0.2) is 27.7 Å². The Morgan fingerprint density at radius 1 is 1.12 bits per heavy atom. The first kappa shape index (κ1) is 15.7. The van der Waals surface area contributed by atoms with Crippen molar-refractivity contribution in [3.63, 3.8) is 0 Å². The Morgan fingerprint density at radius 2 is 1.83 bits per heavy atom. The summed E-state index contributed by atoms with van der Waals surface area (Å²) in [6.07, 6.45) is 3.41. The van der Waals surface area contributed by atoms with Gasteiger partial charge in [0, 0.05) is 23.5 Å². The van der Waals surface area contributed by atoms with E-state index in [0.29, 0.717) is 11.6 Å². The van der Waals surface area contributed by atoms with Crippen molar-refractivity contribution in [2.75, 3.05) is 11.9 Å². The fourth-order valence-corrected chi connectivity index (χ4v) is 2.27. The van der Waals surface area contributed by atoms with Crippen LogP contribution in [0.15, 0.2) is 48.8 Å². The molecule has 0 atom stereocenters. The largest absolute Gasteiger partial charge is 0.484 e. The van der Waals surface area contributed by atoms with Crippen molar-refractivity contribution in [3.05, 3.63) is 59.9 Å². The summed E-state index contributed by atoms with van der Waals surface area (Å²) >= 11 is 0. The zero-order valence-electron chi connectivity index (χ0n) is 13.5. The smallest absolute Gasteiger partial charge is 0.263 e. The van der Waals surface area contributed by atoms with Gasteiger partial charge in [-0.15, -0.1) is 0 Å². The van der Waals surface area contributed by atoms with Crippen LogP contribution in [0.2, 0.25) is 0 Å². The first-order valence-corrected chi connectivity index (χ1v) is 7.58. The molecule has 0 bridgehead atoms. The molecule has 0 saturated carbocycles. The quantitative estimate of drug-likeness (QED) is 0.756. The number of aromatic nitrogens is 3. The highest BCUT2D eigenvalue weighted by atomic mass is 16.5. The van der Waals surface area contributed by atoms with Gasteiger partial charge in [0.15, 0.2) is 6.61 Å². The molecule has 0 unspecified atom stereocenters. The van der Waals surface area contributed by atoms with Crippen LogP contribution < -0.4 is 10.1 Å². The van der Waals surface area contributed by atoms with Crippen LogP contribution in [0.4, 0.5) is 5.82 Å². The average molecular weight is 322 g/mol. The van der Waals surface area contributed by atoms with Crippen LogP contribution in [0.3, 0.4) is 0 Å². The lowest BCUT2D eigenvalue weighted by molar-refractivity contribution is -0.118. The Balaban J connectivity index is 1.63. The summed E-state index contributed by atoms with van der Waals surface area (Å²) in [7, 11) is 0. The summed E-state index contributed by atoms with van der Waals surface area (Å²) in [5, 5.41) is 9.89. The molecule has 3 aromatic rings. The van der Waals surface area contributed by atoms with E-state index >= 15 is 0 Å². The number of pyridine rings is 1. The molecular weight excluding hydrogens is 304 g/mol. The number of aryl methyl sites for hydroxylation is 1. The minimum Gasteiger partial charge on any atom is -0.484 e. The lowest BCUT2D eigenvalue weighted by Crippen LogP contribution is -2.20. The van der Waals surface area contributed by atoms with E-state index in [-0.39, 0.29) is 12.5 Å². The molecule has 1 aromatic carbocycles. The topological polar surface area (TPSA) is 79.9 Å². The second kappa shape index (κ2) is 6.95. The molecule has 0 radical (unpaired) electrons. The van der Waals surface area contributed by atoms with Gasteiger partial charge in [-0.05, 0) is 38.1 Å². The number of nitrogens with one attached hydrogen (secondary N) is 2. The van der Waals surface area contributed by atoms with E-state index in [0.717, 1.165) is 22.4 Å². The predicted molar refractivity (Wildman–Crippen MR) is 91.9 cm³/mol. The van der Waals surface area contributed by atoms with E-state index in [4.69, 9.17) is 4.74 Å². The third kappa shape index (κ3) is 3.60. The van der Waals surface area contributed by atoms with E-state index in [9.17, 15) is 4.79 Å². The van der Waals surface area contributed by atoms with Gasteiger partial charge in [0.25, 0.3) is 5.91 Å². The Morgan fingerprint density at radius 3 is 2.54 bits per heavy atom. The highest BCUT2D eigenvalue weighted by Crippen LogP contribution is 2.25. The number of hydrogen-bond acceptors (Lipinski definition) is 4. The average Bonchev–Trinajstić information content (AvgIpc) is 2.96. The number of carbonyl (C=O) groups is 1. The van der Waals surface area contributed by atoms with E-state index < -0.39 is 0 Å². The maximum atomic E-state index is 12.1. The Bertz CT molecular complexity index is 826. The van der Waals surface area contributed by atoms with Crippen molar-refractivity contribution in [2.45, 2.75) is 13.8 Å². The number of aromatic amines is 1. The molecule has 2 aromatic heterocycles. The zero-order valence-corrected chi connectivity index (χ0v) is 13.5. The van der Waals surface area contributed by atoms with Crippen LogP contribution in [-0.2, 0) is 4.79 Å². The second-order valence-corrected chi connectivity index (χ2v) is 5.46. The number of H-pyrrole nitrogens is 1. The van der Waals surface area contributed by atoms with Crippen molar-refractivity contribution in [1.82, 2.24) is 15.2 Å². The molecule has 24 heavy (non-hydrogen) atoms. The van der Waals surface area contributed by atoms with Crippen molar-refractivity contribution < 1.29 is 9.53 Å². The lowest BCUT2D eigenvalue weighted by Gasteiger charge is -2.07. The summed E-state index contributed by atoms with van der Waals surface area (Å²) < 4.78 is 5.47. The molecule has 0 aliphatic carbocycles. The predicted octanol–water partition coefficient (Wildman–Crippen LogP) is 3.11. The summed E-state index contributed by atoms with van der Waals surface area (Å²) in [6, 6.07) is 11.3. The highest BCUT2D eigenvalue weighted by Gasteiger charge is 2.13. The van der Waals surface area contributed by atoms with Gasteiger partial charge in [0.2, 0.25) is 0 Å². The summed E-state index contributed by atoms with van der Waals surface area (Å²) in [4.78, 5) is 16.0. The van der Waals surface area contributed by atoms with Gasteiger partial charge in [-0.3, -0.25) is 14.9 Å². The van der Waals surface area contributed by atoms with E-state index in [1.165, 1.54) is 0 Å². The molecule has 0 saturated heterocycles. The molecule has 2 heterocycles. The molecule has 1 amide bonds. The Labute approximate surface area is 139 Å². The van der Waals surface area contributed by atoms with Crippen LogP contribution in [0, 0.1) is 13.8 Å². The third-order valence-electron chi connectivity index (χ3n) is 3.62. The molecule has 122 valence electrons. The fraction of sp³-hybridized carbons (Fsp3) is 0.167. The van der Waals surface area contributed by atoms with Gasteiger partial charge in [0.05, 0.1) is 5.69 Å². The maximum Gasteiger partial charge on any atom is 0.263 e. The van der Waals surface area contributed by atoms with Gasteiger partial charge in [-0.1, -0.05) is 17.7 Å². The number of anilines is 1. The Kier molecular flexibility index (Phi) is 4.56. The van der Waals surface area contributed by atoms with E-state index in [1.807, 2.05) is 50.2 Å². The van der Waals surface area contributed by atoms with Gasteiger partial charge >= 0.3 is 0 Å². The molecule has 0 spiro atoms. The monoisotopic (exact) mass is 322 g/mol. The van der Waals surface area contributed by atoms with Gasteiger partial charge in [-0.25, -0.2) is 0 Å². The first-order valence-electron chi connectivity index (χ1n) is 7.58. The third-order valence-corrected chi connectivity index (χ3v) is 3.62. The SMILES string of the molecule is Cc1ccc(OCC(=O)Nc2[nH]nc(-c3ccncc3)c2C)cc1. The van der Waals surface area contributed by atoms with Crippen LogP contribution in [0.25, 0.3) is 11.3 Å². The standard InChI is InChI=1S/C18H18N4O2/c1-12-3-5-15(6-4-12)24-11-16(23)20-18-13(2)17(21-22-18)14-7-9-19-10-8-14/h3-10H,11H2,1-2H3,(H2,20,21,22,23). The number of rotatable bonds is 5. The van der Waals surface area contributed by atoms with Crippen molar-refractivity contribution in [3.8, 4) is 17.0 Å². The number of benzene rings is 1. The molecular formula is C18H18N4O2. The molecule has 6 heteroatoms. The van der Waals surface area contributed by atoms with Gasteiger partial charge < -0.3 is 10.1 Å². The number of ether oxygens (including phenoxy) is 1. The summed E-state index contributed by atoms with van der Waals surface area (Å²) in [6.45, 7) is 3.83. The number of nitrogens with zero attached hydrogens (tertiary/aromatic N) is 2. The zero-order chi connectivity index (χ0) is 16.9. The Hall–Kier alpha value is -3.15. The molecule has 2 N–H and O–H groups in total. The molecule has 3 rings (SSSR count). The minimum absolute atomic E-state index is 0.0634. The van der Waals surface area contributed by atoms with Crippen LogP contribution in [0.5, 0.6) is 5.75 Å². The molecule has 6 nitrogen and oxygen atoms in total. The summed E-state index contributed by atoms with van der Waals surface area (Å²) in [5.74, 6) is 0.984. The molecule has 0 aliphatic rings. The number of amides is 1. The van der Waals surface area contributed by atoms with Crippen molar-refractivity contribution >= 4 is 11.7 Å². The lowest BCUT2D eigenvalue weighted by atomic mass is 10.1. The second-order valence-electron chi connectivity index (χ2n) is 5.46.